The van der Waals surface area contributed by atoms with Crippen molar-refractivity contribution in [3.8, 4) is 0 Å². The van der Waals surface area contributed by atoms with Crippen LogP contribution in [-0.2, 0) is 17.7 Å². The largest absolute Gasteiger partial charge is 0.380 e. The van der Waals surface area contributed by atoms with E-state index in [1.165, 1.54) is 0 Å². The Labute approximate surface area is 189 Å². The van der Waals surface area contributed by atoms with Gasteiger partial charge in [-0.1, -0.05) is 6.92 Å². The number of ether oxygens (including phenoxy) is 1. The van der Waals surface area contributed by atoms with Crippen molar-refractivity contribution in [3.05, 3.63) is 29.6 Å². The van der Waals surface area contributed by atoms with Gasteiger partial charge in [0, 0.05) is 32.4 Å². The van der Waals surface area contributed by atoms with Crippen LogP contribution in [0.3, 0.4) is 0 Å². The summed E-state index contributed by atoms with van der Waals surface area (Å²) >= 11 is 0. The second kappa shape index (κ2) is 9.79. The molecule has 1 N–H and O–H groups in total. The third kappa shape index (κ3) is 4.68. The van der Waals surface area contributed by atoms with Crippen LogP contribution >= 0.6 is 0 Å². The van der Waals surface area contributed by atoms with E-state index in [1.807, 2.05) is 23.7 Å². The number of nitrogens with zero attached hydrogens (tertiary/aromatic N) is 7. The average molecular weight is 439 g/mol. The molecule has 172 valence electrons. The molecule has 32 heavy (non-hydrogen) atoms. The molecule has 0 radical (unpaired) electrons. The van der Waals surface area contributed by atoms with Gasteiger partial charge in [0.1, 0.15) is 16.9 Å². The van der Waals surface area contributed by atoms with E-state index in [1.54, 1.807) is 6.20 Å². The van der Waals surface area contributed by atoms with E-state index >= 15 is 0 Å². The van der Waals surface area contributed by atoms with Crippen molar-refractivity contribution in [3.63, 3.8) is 0 Å². The summed E-state index contributed by atoms with van der Waals surface area (Å²) in [6, 6.07) is 4.39. The van der Waals surface area contributed by atoms with Crippen molar-refractivity contribution in [2.75, 3.05) is 50.6 Å². The molecule has 4 heterocycles. The number of likely N-dealkylation sites (N-methyl/N-ethyl adjacent to an activating group) is 2. The summed E-state index contributed by atoms with van der Waals surface area (Å²) in [5, 5.41) is 8.31. The zero-order chi connectivity index (χ0) is 22.7. The Bertz CT molecular complexity index is 1070. The number of rotatable bonds is 9. The van der Waals surface area contributed by atoms with Gasteiger partial charge in [0.05, 0.1) is 18.8 Å². The molecule has 1 fully saturated rings. The van der Waals surface area contributed by atoms with Gasteiger partial charge in [0.25, 0.3) is 0 Å². The quantitative estimate of drug-likeness (QED) is 0.511. The first-order chi connectivity index (χ1) is 15.5. The second-order valence-corrected chi connectivity index (χ2v) is 8.45. The fraction of sp³-hybridized carbons (Fsp3) is 0.565. The average Bonchev–Trinajstić information content (AvgIpc) is 3.37. The molecule has 3 aromatic rings. The minimum atomic E-state index is 0.389. The molecule has 3 aromatic heterocycles. The predicted molar refractivity (Wildman–Crippen MR) is 128 cm³/mol. The van der Waals surface area contributed by atoms with Gasteiger partial charge in [-0.25, -0.2) is 9.97 Å². The fourth-order valence-corrected chi connectivity index (χ4v) is 4.19. The van der Waals surface area contributed by atoms with E-state index in [-0.39, 0.29) is 0 Å². The highest BCUT2D eigenvalue weighted by atomic mass is 16.5. The van der Waals surface area contributed by atoms with Crippen LogP contribution in [0.15, 0.2) is 18.3 Å². The van der Waals surface area contributed by atoms with Crippen LogP contribution < -0.4 is 10.2 Å². The molecular formula is C23H34N8O. The predicted octanol–water partition coefficient (Wildman–Crippen LogP) is 3.01. The number of aromatic nitrogens is 5. The monoisotopic (exact) mass is 438 g/mol. The van der Waals surface area contributed by atoms with Gasteiger partial charge in [-0.05, 0) is 58.0 Å². The van der Waals surface area contributed by atoms with Crippen molar-refractivity contribution in [2.45, 2.75) is 46.2 Å². The highest BCUT2D eigenvalue weighted by Gasteiger charge is 2.27. The molecule has 0 saturated carbocycles. The Balaban J connectivity index is 1.80. The van der Waals surface area contributed by atoms with Crippen LogP contribution in [0.2, 0.25) is 0 Å². The van der Waals surface area contributed by atoms with E-state index in [9.17, 15) is 0 Å². The molecule has 4 rings (SSSR count). The van der Waals surface area contributed by atoms with E-state index in [0.717, 1.165) is 59.9 Å². The van der Waals surface area contributed by atoms with E-state index < -0.39 is 0 Å². The topological polar surface area (TPSA) is 84.2 Å². The Morgan fingerprint density at radius 1 is 1.28 bits per heavy atom. The number of likely N-dealkylation sites (tertiary alicyclic amines) is 1. The van der Waals surface area contributed by atoms with Gasteiger partial charge in [-0.15, -0.1) is 0 Å². The Hall–Kier alpha value is -2.78. The molecule has 0 spiro atoms. The molecule has 1 aliphatic heterocycles. The molecule has 0 amide bonds. The summed E-state index contributed by atoms with van der Waals surface area (Å²) in [5.74, 6) is 2.20. The van der Waals surface area contributed by atoms with Crippen molar-refractivity contribution in [1.82, 2.24) is 29.6 Å². The molecule has 9 heteroatoms. The lowest BCUT2D eigenvalue weighted by Gasteiger charge is -2.25. The Morgan fingerprint density at radius 3 is 2.81 bits per heavy atom. The summed E-state index contributed by atoms with van der Waals surface area (Å²) in [6.45, 7) is 10.2. The SMILES string of the molecule is CCOCCn1nc(CC)c2nc(N(C)C3CCN(C)C3)nc(Nc3cc(C)ccn3)c21. The van der Waals surface area contributed by atoms with Crippen molar-refractivity contribution >= 4 is 28.6 Å². The summed E-state index contributed by atoms with van der Waals surface area (Å²) in [5.41, 5.74) is 3.89. The van der Waals surface area contributed by atoms with Crippen LogP contribution in [0.1, 0.15) is 31.5 Å². The number of nitrogens with one attached hydrogen (secondary N) is 1. The lowest BCUT2D eigenvalue weighted by atomic mass is 10.2. The number of pyridine rings is 1. The second-order valence-electron chi connectivity index (χ2n) is 8.45. The van der Waals surface area contributed by atoms with E-state index in [0.29, 0.717) is 31.7 Å². The molecule has 9 nitrogen and oxygen atoms in total. The van der Waals surface area contributed by atoms with Gasteiger partial charge in [0.15, 0.2) is 5.82 Å². The van der Waals surface area contributed by atoms with Crippen LogP contribution in [0.25, 0.3) is 11.0 Å². The standard InChI is InChI=1S/C23H34N8O/c1-6-18-20-21(31(28-18)12-13-32-7-2)22(25-19-14-16(3)8-10-24-19)27-23(26-20)30(5)17-9-11-29(4)15-17/h8,10,14,17H,6-7,9,11-13,15H2,1-5H3,(H,24,25,26,27). The minimum absolute atomic E-state index is 0.389. The highest BCUT2D eigenvalue weighted by Crippen LogP contribution is 2.30. The molecule has 0 aromatic carbocycles. The van der Waals surface area contributed by atoms with Gasteiger partial charge >= 0.3 is 0 Å². The van der Waals surface area contributed by atoms with Crippen LogP contribution in [0.4, 0.5) is 17.6 Å². The zero-order valence-electron chi connectivity index (χ0n) is 19.8. The third-order valence-corrected chi connectivity index (χ3v) is 6.02. The first kappa shape index (κ1) is 22.4. The van der Waals surface area contributed by atoms with Crippen molar-refractivity contribution < 1.29 is 4.74 Å². The molecule has 1 saturated heterocycles. The normalized spacial score (nSPS) is 16.7. The summed E-state index contributed by atoms with van der Waals surface area (Å²) < 4.78 is 7.56. The van der Waals surface area contributed by atoms with Crippen molar-refractivity contribution in [1.29, 1.82) is 0 Å². The summed E-state index contributed by atoms with van der Waals surface area (Å²) in [6.07, 6.45) is 3.71. The number of hydrogen-bond acceptors (Lipinski definition) is 8. The molecule has 0 aliphatic carbocycles. The first-order valence-corrected chi connectivity index (χ1v) is 11.5. The molecule has 1 unspecified atom stereocenters. The maximum Gasteiger partial charge on any atom is 0.228 e. The maximum absolute atomic E-state index is 5.60. The van der Waals surface area contributed by atoms with Crippen molar-refractivity contribution in [2.24, 2.45) is 0 Å². The van der Waals surface area contributed by atoms with E-state index in [2.05, 4.69) is 48.0 Å². The lowest BCUT2D eigenvalue weighted by Crippen LogP contribution is -2.35. The highest BCUT2D eigenvalue weighted by molar-refractivity contribution is 5.90. The number of anilines is 3. The Kier molecular flexibility index (Phi) is 6.86. The summed E-state index contributed by atoms with van der Waals surface area (Å²) in [4.78, 5) is 19.0. The molecule has 0 bridgehead atoms. The number of aryl methyl sites for hydroxylation is 2. The fourth-order valence-electron chi connectivity index (χ4n) is 4.19. The van der Waals surface area contributed by atoms with Crippen LogP contribution in [0.5, 0.6) is 0 Å². The number of hydrogen-bond donors (Lipinski definition) is 1. The van der Waals surface area contributed by atoms with E-state index in [4.69, 9.17) is 19.8 Å². The minimum Gasteiger partial charge on any atom is -0.380 e. The van der Waals surface area contributed by atoms with Gasteiger partial charge in [-0.3, -0.25) is 4.68 Å². The molecule has 1 atom stereocenters. The lowest BCUT2D eigenvalue weighted by molar-refractivity contribution is 0.137. The summed E-state index contributed by atoms with van der Waals surface area (Å²) in [7, 11) is 4.25. The van der Waals surface area contributed by atoms with Gasteiger partial charge in [-0.2, -0.15) is 10.1 Å². The number of fused-ring (bicyclic) bond motifs is 1. The molecule has 1 aliphatic rings. The van der Waals surface area contributed by atoms with Crippen LogP contribution in [-0.4, -0.2) is 76.1 Å². The van der Waals surface area contributed by atoms with Gasteiger partial charge in [0.2, 0.25) is 5.95 Å². The van der Waals surface area contributed by atoms with Gasteiger partial charge < -0.3 is 19.9 Å². The van der Waals surface area contributed by atoms with Crippen LogP contribution in [0, 0.1) is 6.92 Å². The first-order valence-electron chi connectivity index (χ1n) is 11.5. The maximum atomic E-state index is 5.60. The smallest absolute Gasteiger partial charge is 0.228 e. The third-order valence-electron chi connectivity index (χ3n) is 6.02. The Morgan fingerprint density at radius 2 is 2.12 bits per heavy atom. The molecular weight excluding hydrogens is 404 g/mol. The zero-order valence-corrected chi connectivity index (χ0v) is 19.8.